The smallest absolute Gasteiger partial charge is 0.222 e. The minimum Gasteiger partial charge on any atom is -0.490 e. The van der Waals surface area contributed by atoms with Gasteiger partial charge >= 0.3 is 0 Å². The van der Waals surface area contributed by atoms with Gasteiger partial charge in [-0.15, -0.1) is 0 Å². The summed E-state index contributed by atoms with van der Waals surface area (Å²) in [6.07, 6.45) is 9.70. The molecule has 1 N–H and O–H groups in total. The molecule has 144 valence electrons. The van der Waals surface area contributed by atoms with E-state index in [4.69, 9.17) is 4.74 Å². The summed E-state index contributed by atoms with van der Waals surface area (Å²) in [7, 11) is 0. The van der Waals surface area contributed by atoms with Gasteiger partial charge in [0, 0.05) is 56.5 Å². The Hall–Kier alpha value is -2.99. The monoisotopic (exact) mass is 375 g/mol. The maximum absolute atomic E-state index is 6.03. The molecular weight excluding hydrogens is 350 g/mol. The molecule has 0 aliphatic carbocycles. The Balaban J connectivity index is 1.22. The van der Waals surface area contributed by atoms with Crippen LogP contribution in [0.1, 0.15) is 24.0 Å². The minimum atomic E-state index is 0.277. The standard InChI is InChI=1S/C22H25N5O/c1-2-4-18(5-3-1)14-24-22-25-15-19(16-26-22)17-27-12-8-21(9-13-27)28-20-6-10-23-11-7-20/h1-7,10-11,15-16,21H,8-9,12-14,17H2,(H,24,25,26). The van der Waals surface area contributed by atoms with Crippen LogP contribution in [0.25, 0.3) is 0 Å². The van der Waals surface area contributed by atoms with Crippen LogP contribution in [0, 0.1) is 0 Å². The van der Waals surface area contributed by atoms with Crippen LogP contribution >= 0.6 is 0 Å². The van der Waals surface area contributed by atoms with Gasteiger partial charge in [-0.05, 0) is 30.5 Å². The molecular formula is C22H25N5O. The lowest BCUT2D eigenvalue weighted by Crippen LogP contribution is -2.37. The first kappa shape index (κ1) is 18.4. The molecule has 1 fully saturated rings. The van der Waals surface area contributed by atoms with Crippen LogP contribution in [0.2, 0.25) is 0 Å². The molecule has 3 heterocycles. The lowest BCUT2D eigenvalue weighted by Gasteiger charge is -2.32. The fourth-order valence-corrected chi connectivity index (χ4v) is 3.36. The Bertz CT molecular complexity index is 834. The summed E-state index contributed by atoms with van der Waals surface area (Å²) in [4.78, 5) is 15.4. The normalized spacial score (nSPS) is 15.3. The largest absolute Gasteiger partial charge is 0.490 e. The zero-order valence-corrected chi connectivity index (χ0v) is 15.9. The molecule has 1 saturated heterocycles. The Morgan fingerprint density at radius 3 is 2.36 bits per heavy atom. The summed E-state index contributed by atoms with van der Waals surface area (Å²) >= 11 is 0. The predicted octanol–water partition coefficient (Wildman–Crippen LogP) is 3.53. The van der Waals surface area contributed by atoms with Crippen molar-refractivity contribution in [2.45, 2.75) is 32.0 Å². The second-order valence-electron chi connectivity index (χ2n) is 7.03. The molecule has 6 nitrogen and oxygen atoms in total. The first-order valence-corrected chi connectivity index (χ1v) is 9.73. The van der Waals surface area contributed by atoms with Crippen LogP contribution in [-0.2, 0) is 13.1 Å². The van der Waals surface area contributed by atoms with Gasteiger partial charge in [0.05, 0.1) is 0 Å². The molecule has 0 spiro atoms. The van der Waals surface area contributed by atoms with Gasteiger partial charge in [-0.2, -0.15) is 0 Å². The SMILES string of the molecule is c1ccc(CNc2ncc(CN3CCC(Oc4ccncc4)CC3)cn2)cc1. The third kappa shape index (κ3) is 5.27. The lowest BCUT2D eigenvalue weighted by atomic mass is 10.1. The van der Waals surface area contributed by atoms with Gasteiger partial charge in [0.2, 0.25) is 5.95 Å². The average molecular weight is 375 g/mol. The molecule has 4 rings (SSSR count). The predicted molar refractivity (Wildman–Crippen MR) is 109 cm³/mol. The van der Waals surface area contributed by atoms with Crippen molar-refractivity contribution in [3.8, 4) is 5.75 Å². The zero-order valence-electron chi connectivity index (χ0n) is 15.9. The van der Waals surface area contributed by atoms with Crippen LogP contribution in [-0.4, -0.2) is 39.0 Å². The van der Waals surface area contributed by atoms with Crippen molar-refractivity contribution in [2.75, 3.05) is 18.4 Å². The number of benzene rings is 1. The maximum Gasteiger partial charge on any atom is 0.222 e. The van der Waals surface area contributed by atoms with E-state index in [0.29, 0.717) is 5.95 Å². The molecule has 2 aromatic heterocycles. The highest BCUT2D eigenvalue weighted by molar-refractivity contribution is 5.28. The van der Waals surface area contributed by atoms with Crippen LogP contribution < -0.4 is 10.1 Å². The van der Waals surface area contributed by atoms with Gasteiger partial charge in [0.15, 0.2) is 0 Å². The van der Waals surface area contributed by atoms with E-state index < -0.39 is 0 Å². The number of likely N-dealkylation sites (tertiary alicyclic amines) is 1. The van der Waals surface area contributed by atoms with Gasteiger partial charge in [-0.3, -0.25) is 9.88 Å². The molecule has 3 aromatic rings. The summed E-state index contributed by atoms with van der Waals surface area (Å²) in [5.41, 5.74) is 2.35. The molecule has 0 radical (unpaired) electrons. The summed E-state index contributed by atoms with van der Waals surface area (Å²) < 4.78 is 6.03. The van der Waals surface area contributed by atoms with E-state index in [1.54, 1.807) is 12.4 Å². The molecule has 0 saturated carbocycles. The molecule has 0 unspecified atom stereocenters. The fraction of sp³-hybridized carbons (Fsp3) is 0.318. The highest BCUT2D eigenvalue weighted by Crippen LogP contribution is 2.19. The summed E-state index contributed by atoms with van der Waals surface area (Å²) in [5, 5.41) is 3.26. The van der Waals surface area contributed by atoms with E-state index in [2.05, 4.69) is 37.3 Å². The van der Waals surface area contributed by atoms with Gasteiger partial charge in [-0.1, -0.05) is 30.3 Å². The third-order valence-corrected chi connectivity index (χ3v) is 4.89. The molecule has 0 atom stereocenters. The Morgan fingerprint density at radius 2 is 1.64 bits per heavy atom. The van der Waals surface area contributed by atoms with Crippen LogP contribution in [0.15, 0.2) is 67.3 Å². The number of aromatic nitrogens is 3. The molecule has 6 heteroatoms. The topological polar surface area (TPSA) is 63.2 Å². The summed E-state index contributed by atoms with van der Waals surface area (Å²) in [6, 6.07) is 14.1. The lowest BCUT2D eigenvalue weighted by molar-refractivity contribution is 0.0966. The van der Waals surface area contributed by atoms with Gasteiger partial charge in [0.1, 0.15) is 11.9 Å². The number of anilines is 1. The second-order valence-corrected chi connectivity index (χ2v) is 7.03. The maximum atomic E-state index is 6.03. The van der Waals surface area contributed by atoms with Crippen molar-refractivity contribution in [3.63, 3.8) is 0 Å². The van der Waals surface area contributed by atoms with E-state index >= 15 is 0 Å². The Labute approximate surface area is 165 Å². The Kier molecular flexibility index (Phi) is 6.09. The van der Waals surface area contributed by atoms with Gasteiger partial charge in [0.25, 0.3) is 0 Å². The summed E-state index contributed by atoms with van der Waals surface area (Å²) in [6.45, 7) is 3.64. The van der Waals surface area contributed by atoms with Crippen molar-refractivity contribution < 1.29 is 4.74 Å². The van der Waals surface area contributed by atoms with Crippen molar-refractivity contribution in [2.24, 2.45) is 0 Å². The van der Waals surface area contributed by atoms with E-state index in [9.17, 15) is 0 Å². The molecule has 1 aromatic carbocycles. The van der Waals surface area contributed by atoms with Gasteiger partial charge < -0.3 is 10.1 Å². The number of ether oxygens (including phenoxy) is 1. The van der Waals surface area contributed by atoms with E-state index in [1.807, 2.05) is 42.7 Å². The average Bonchev–Trinajstić information content (AvgIpc) is 2.76. The van der Waals surface area contributed by atoms with E-state index in [0.717, 1.165) is 50.3 Å². The van der Waals surface area contributed by atoms with Crippen LogP contribution in [0.5, 0.6) is 5.75 Å². The molecule has 1 aliphatic rings. The van der Waals surface area contributed by atoms with Crippen molar-refractivity contribution in [3.05, 3.63) is 78.4 Å². The fourth-order valence-electron chi connectivity index (χ4n) is 3.36. The quantitative estimate of drug-likeness (QED) is 0.682. The number of rotatable bonds is 7. The van der Waals surface area contributed by atoms with Crippen molar-refractivity contribution in [1.29, 1.82) is 0 Å². The minimum absolute atomic E-state index is 0.277. The van der Waals surface area contributed by atoms with E-state index in [-0.39, 0.29) is 6.10 Å². The van der Waals surface area contributed by atoms with Gasteiger partial charge in [-0.25, -0.2) is 9.97 Å². The molecule has 1 aliphatic heterocycles. The third-order valence-electron chi connectivity index (χ3n) is 4.89. The number of hydrogen-bond acceptors (Lipinski definition) is 6. The highest BCUT2D eigenvalue weighted by Gasteiger charge is 2.20. The molecule has 0 bridgehead atoms. The van der Waals surface area contributed by atoms with Crippen LogP contribution in [0.4, 0.5) is 5.95 Å². The Morgan fingerprint density at radius 1 is 0.929 bits per heavy atom. The van der Waals surface area contributed by atoms with E-state index in [1.165, 1.54) is 5.56 Å². The zero-order chi connectivity index (χ0) is 19.0. The first-order chi connectivity index (χ1) is 13.8. The number of nitrogens with one attached hydrogen (secondary N) is 1. The number of pyridine rings is 1. The summed E-state index contributed by atoms with van der Waals surface area (Å²) in [5.74, 6) is 1.57. The first-order valence-electron chi connectivity index (χ1n) is 9.73. The van der Waals surface area contributed by atoms with Crippen molar-refractivity contribution >= 4 is 5.95 Å². The number of nitrogens with zero attached hydrogens (tertiary/aromatic N) is 4. The van der Waals surface area contributed by atoms with Crippen molar-refractivity contribution in [1.82, 2.24) is 19.9 Å². The number of hydrogen-bond donors (Lipinski definition) is 1. The second kappa shape index (κ2) is 9.28. The molecule has 28 heavy (non-hydrogen) atoms. The molecule has 0 amide bonds. The number of piperidine rings is 1. The highest BCUT2D eigenvalue weighted by atomic mass is 16.5. The van der Waals surface area contributed by atoms with Crippen LogP contribution in [0.3, 0.4) is 0 Å².